The van der Waals surface area contributed by atoms with E-state index in [4.69, 9.17) is 4.98 Å². The van der Waals surface area contributed by atoms with E-state index in [-0.39, 0.29) is 5.91 Å². The number of nitrogens with zero attached hydrogens (tertiary/aromatic N) is 3. The molecule has 3 aromatic carbocycles. The molecule has 1 amide bonds. The van der Waals surface area contributed by atoms with Crippen LogP contribution in [-0.2, 0) is 6.54 Å². The van der Waals surface area contributed by atoms with E-state index in [2.05, 4.69) is 43.1 Å². The van der Waals surface area contributed by atoms with Crippen LogP contribution in [0.1, 0.15) is 27.0 Å². The Morgan fingerprint density at radius 2 is 1.61 bits per heavy atom. The zero-order valence-corrected chi connectivity index (χ0v) is 19.3. The predicted octanol–water partition coefficient (Wildman–Crippen LogP) is 6.82. The van der Waals surface area contributed by atoms with Crippen LogP contribution in [0.3, 0.4) is 0 Å². The van der Waals surface area contributed by atoms with Gasteiger partial charge in [0.1, 0.15) is 0 Å². The molecule has 0 radical (unpaired) electrons. The lowest BCUT2D eigenvalue weighted by molar-refractivity contribution is 0.0985. The molecule has 0 fully saturated rings. The zero-order valence-electron chi connectivity index (χ0n) is 18.5. The minimum atomic E-state index is -0.0778. The summed E-state index contributed by atoms with van der Waals surface area (Å²) in [6.07, 6.45) is 3.53. The summed E-state index contributed by atoms with van der Waals surface area (Å²) < 4.78 is 1.08. The molecule has 0 unspecified atom stereocenters. The highest BCUT2D eigenvalue weighted by atomic mass is 32.1. The van der Waals surface area contributed by atoms with Gasteiger partial charge in [0, 0.05) is 18.0 Å². The Hall–Kier alpha value is -3.83. The van der Waals surface area contributed by atoms with Gasteiger partial charge in [-0.15, -0.1) is 0 Å². The van der Waals surface area contributed by atoms with Gasteiger partial charge < -0.3 is 0 Å². The molecule has 0 saturated carbocycles. The van der Waals surface area contributed by atoms with Gasteiger partial charge in [-0.2, -0.15) is 0 Å². The maximum absolute atomic E-state index is 13.7. The molecular formula is C28H23N3OS. The van der Waals surface area contributed by atoms with Gasteiger partial charge >= 0.3 is 0 Å². The van der Waals surface area contributed by atoms with Crippen LogP contribution < -0.4 is 4.90 Å². The van der Waals surface area contributed by atoms with Crippen LogP contribution in [0.5, 0.6) is 0 Å². The molecule has 0 aliphatic carbocycles. The molecule has 0 bridgehead atoms. The quantitative estimate of drug-likeness (QED) is 0.296. The average Bonchev–Trinajstić information content (AvgIpc) is 3.26. The fourth-order valence-electron chi connectivity index (χ4n) is 3.78. The lowest BCUT2D eigenvalue weighted by Gasteiger charge is -2.20. The molecule has 0 atom stereocenters. The number of rotatable bonds is 5. The Labute approximate surface area is 197 Å². The third kappa shape index (κ3) is 4.41. The fraction of sp³-hybridized carbons (Fsp3) is 0.107. The number of carbonyl (C=O) groups excluding carboxylic acids is 1. The number of hydrogen-bond donors (Lipinski definition) is 0. The van der Waals surface area contributed by atoms with E-state index in [0.717, 1.165) is 26.9 Å². The van der Waals surface area contributed by atoms with Crippen molar-refractivity contribution in [1.82, 2.24) is 9.97 Å². The summed E-state index contributed by atoms with van der Waals surface area (Å²) in [6.45, 7) is 4.59. The molecule has 0 N–H and O–H groups in total. The number of amides is 1. The zero-order chi connectivity index (χ0) is 22.8. The van der Waals surface area contributed by atoms with Crippen molar-refractivity contribution in [1.29, 1.82) is 0 Å². The first kappa shape index (κ1) is 21.0. The SMILES string of the molecule is Cc1cc2nc(N(Cc3cccnc3)C(=O)c3ccc(-c4ccccc4)cc3)sc2cc1C. The van der Waals surface area contributed by atoms with Crippen molar-refractivity contribution in [3.63, 3.8) is 0 Å². The van der Waals surface area contributed by atoms with Crippen molar-refractivity contribution in [3.05, 3.63) is 114 Å². The second kappa shape index (κ2) is 8.96. The number of pyridine rings is 1. The van der Waals surface area contributed by atoms with Crippen LogP contribution in [0.2, 0.25) is 0 Å². The summed E-state index contributed by atoms with van der Waals surface area (Å²) in [4.78, 5) is 24.5. The summed E-state index contributed by atoms with van der Waals surface area (Å²) in [5.41, 5.74) is 7.13. The summed E-state index contributed by atoms with van der Waals surface area (Å²) >= 11 is 1.54. The molecule has 2 aromatic heterocycles. The summed E-state index contributed by atoms with van der Waals surface area (Å²) in [5, 5.41) is 0.691. The second-order valence-corrected chi connectivity index (χ2v) is 9.11. The summed E-state index contributed by atoms with van der Waals surface area (Å²) in [7, 11) is 0. The van der Waals surface area contributed by atoms with E-state index < -0.39 is 0 Å². The van der Waals surface area contributed by atoms with E-state index in [9.17, 15) is 4.79 Å². The molecular weight excluding hydrogens is 426 g/mol. The van der Waals surface area contributed by atoms with Gasteiger partial charge in [-0.25, -0.2) is 4.98 Å². The fourth-order valence-corrected chi connectivity index (χ4v) is 4.82. The summed E-state index contributed by atoms with van der Waals surface area (Å²) in [6, 6.07) is 26.0. The van der Waals surface area contributed by atoms with Crippen LogP contribution in [0.4, 0.5) is 5.13 Å². The maximum Gasteiger partial charge on any atom is 0.260 e. The molecule has 5 aromatic rings. The van der Waals surface area contributed by atoms with Gasteiger partial charge in [0.25, 0.3) is 5.91 Å². The van der Waals surface area contributed by atoms with Crippen molar-refractivity contribution >= 4 is 32.6 Å². The lowest BCUT2D eigenvalue weighted by Crippen LogP contribution is -2.30. The number of aryl methyl sites for hydroxylation is 2. The standard InChI is InChI=1S/C28H23N3OS/c1-19-15-25-26(16-20(19)2)33-28(30-25)31(18-21-7-6-14-29-17-21)27(32)24-12-10-23(11-13-24)22-8-4-3-5-9-22/h3-17H,18H2,1-2H3. The van der Waals surface area contributed by atoms with Gasteiger partial charge in [0.05, 0.1) is 16.8 Å². The molecule has 4 nitrogen and oxygen atoms in total. The van der Waals surface area contributed by atoms with Crippen LogP contribution in [0.15, 0.2) is 91.3 Å². The number of thiazole rings is 1. The molecule has 0 spiro atoms. The first-order chi connectivity index (χ1) is 16.1. The van der Waals surface area contributed by atoms with E-state index in [1.165, 1.54) is 11.1 Å². The Bertz CT molecular complexity index is 1370. The third-order valence-electron chi connectivity index (χ3n) is 5.77. The minimum absolute atomic E-state index is 0.0778. The van der Waals surface area contributed by atoms with E-state index in [0.29, 0.717) is 17.2 Å². The number of anilines is 1. The number of benzene rings is 3. The molecule has 0 aliphatic rings. The molecule has 33 heavy (non-hydrogen) atoms. The van der Waals surface area contributed by atoms with Gasteiger partial charge in [-0.3, -0.25) is 14.7 Å². The predicted molar refractivity (Wildman–Crippen MR) is 136 cm³/mol. The van der Waals surface area contributed by atoms with Crippen molar-refractivity contribution in [2.75, 3.05) is 4.90 Å². The topological polar surface area (TPSA) is 46.1 Å². The first-order valence-electron chi connectivity index (χ1n) is 10.8. The van der Waals surface area contributed by atoms with Crippen molar-refractivity contribution < 1.29 is 4.79 Å². The highest BCUT2D eigenvalue weighted by molar-refractivity contribution is 7.22. The maximum atomic E-state index is 13.7. The molecule has 5 heteroatoms. The molecule has 0 saturated heterocycles. The van der Waals surface area contributed by atoms with Crippen molar-refractivity contribution in [2.45, 2.75) is 20.4 Å². The molecule has 5 rings (SSSR count). The van der Waals surface area contributed by atoms with Gasteiger partial charge in [0.15, 0.2) is 5.13 Å². The number of carbonyl (C=O) groups is 1. The van der Waals surface area contributed by atoms with Crippen LogP contribution in [0, 0.1) is 13.8 Å². The normalized spacial score (nSPS) is 11.0. The van der Waals surface area contributed by atoms with E-state index in [1.807, 2.05) is 54.6 Å². The van der Waals surface area contributed by atoms with E-state index >= 15 is 0 Å². The van der Waals surface area contributed by atoms with Crippen LogP contribution >= 0.6 is 11.3 Å². The van der Waals surface area contributed by atoms with Crippen molar-refractivity contribution in [3.8, 4) is 11.1 Å². The molecule has 2 heterocycles. The Morgan fingerprint density at radius 3 is 2.33 bits per heavy atom. The highest BCUT2D eigenvalue weighted by Crippen LogP contribution is 2.32. The Kier molecular flexibility index (Phi) is 5.71. The number of hydrogen-bond acceptors (Lipinski definition) is 4. The first-order valence-corrected chi connectivity index (χ1v) is 11.6. The number of fused-ring (bicyclic) bond motifs is 1. The minimum Gasteiger partial charge on any atom is -0.279 e. The van der Waals surface area contributed by atoms with Crippen LogP contribution in [0.25, 0.3) is 21.3 Å². The summed E-state index contributed by atoms with van der Waals surface area (Å²) in [5.74, 6) is -0.0778. The average molecular weight is 450 g/mol. The highest BCUT2D eigenvalue weighted by Gasteiger charge is 2.22. The van der Waals surface area contributed by atoms with Gasteiger partial charge in [-0.1, -0.05) is 59.9 Å². The largest absolute Gasteiger partial charge is 0.279 e. The van der Waals surface area contributed by atoms with Gasteiger partial charge in [0.2, 0.25) is 0 Å². The van der Waals surface area contributed by atoms with E-state index in [1.54, 1.807) is 28.6 Å². The molecule has 0 aliphatic heterocycles. The number of aromatic nitrogens is 2. The Balaban J connectivity index is 1.52. The van der Waals surface area contributed by atoms with Crippen molar-refractivity contribution in [2.24, 2.45) is 0 Å². The smallest absolute Gasteiger partial charge is 0.260 e. The molecule has 162 valence electrons. The van der Waals surface area contributed by atoms with Crippen LogP contribution in [-0.4, -0.2) is 15.9 Å². The Morgan fingerprint density at radius 1 is 0.879 bits per heavy atom. The monoisotopic (exact) mass is 449 g/mol. The third-order valence-corrected chi connectivity index (χ3v) is 6.81. The van der Waals surface area contributed by atoms with Gasteiger partial charge in [-0.05, 0) is 72.0 Å². The lowest BCUT2D eigenvalue weighted by atomic mass is 10.0. The second-order valence-electron chi connectivity index (χ2n) is 8.10.